The van der Waals surface area contributed by atoms with E-state index < -0.39 is 0 Å². The van der Waals surface area contributed by atoms with E-state index in [0.29, 0.717) is 13.1 Å². The summed E-state index contributed by atoms with van der Waals surface area (Å²) in [5, 5.41) is 11.1. The number of nitrogens with zero attached hydrogens (tertiary/aromatic N) is 5. The number of halogens is 1. The number of fused-ring (bicyclic) bond motifs is 1. The Kier molecular flexibility index (Phi) is 8.89. The summed E-state index contributed by atoms with van der Waals surface area (Å²) < 4.78 is 5.55. The Morgan fingerprint density at radius 1 is 1.22 bits per heavy atom. The number of hydrogen-bond acceptors (Lipinski definition) is 3. The van der Waals surface area contributed by atoms with Crippen molar-refractivity contribution in [3.05, 3.63) is 40.8 Å². The molecule has 2 N–H and O–H groups in total. The highest BCUT2D eigenvalue weighted by Gasteiger charge is 2.15. The van der Waals surface area contributed by atoms with Gasteiger partial charge in [0.2, 0.25) is 0 Å². The van der Waals surface area contributed by atoms with Crippen molar-refractivity contribution in [3.63, 3.8) is 0 Å². The van der Waals surface area contributed by atoms with Crippen LogP contribution >= 0.6 is 24.0 Å². The van der Waals surface area contributed by atoms with E-state index in [9.17, 15) is 4.79 Å². The van der Waals surface area contributed by atoms with Gasteiger partial charge >= 0.3 is 5.69 Å². The molecule has 1 aliphatic rings. The van der Waals surface area contributed by atoms with E-state index in [2.05, 4.69) is 32.2 Å². The van der Waals surface area contributed by atoms with Crippen molar-refractivity contribution in [1.82, 2.24) is 29.5 Å². The van der Waals surface area contributed by atoms with Crippen LogP contribution in [0.3, 0.4) is 0 Å². The van der Waals surface area contributed by atoms with E-state index in [1.807, 2.05) is 29.1 Å². The lowest BCUT2D eigenvalue weighted by molar-refractivity contribution is 0.509. The molecular weight excluding hydrogens is 457 g/mol. The second-order valence-corrected chi connectivity index (χ2v) is 6.49. The molecule has 0 unspecified atom stereocenters. The summed E-state index contributed by atoms with van der Waals surface area (Å²) in [6.45, 7) is 6.67. The summed E-state index contributed by atoms with van der Waals surface area (Å²) in [4.78, 5) is 16.9. The van der Waals surface area contributed by atoms with Crippen LogP contribution in [0.15, 0.2) is 34.3 Å². The molecule has 3 heterocycles. The highest BCUT2D eigenvalue weighted by molar-refractivity contribution is 14.0. The summed E-state index contributed by atoms with van der Waals surface area (Å²) in [5.41, 5.74) is 0.0282. The standard InChI is InChI=1S/C18H29N7O.HI/c1-2-19-17(21-10-15-23-11-5-6-12-23)20-9-7-14-25-18(26)24-13-4-3-8-16(24)22-25;/h5-6,11-12H,2-4,7-10,13-15H2,1H3,(H2,19,20,21);1H. The number of aryl methyl sites for hydroxylation is 2. The maximum Gasteiger partial charge on any atom is 0.345 e. The third-order valence-electron chi connectivity index (χ3n) is 4.50. The summed E-state index contributed by atoms with van der Waals surface area (Å²) in [7, 11) is 0. The molecule has 2 aromatic rings. The van der Waals surface area contributed by atoms with Crippen LogP contribution < -0.4 is 16.3 Å². The van der Waals surface area contributed by atoms with Gasteiger partial charge in [-0.05, 0) is 38.3 Å². The Morgan fingerprint density at radius 2 is 2.04 bits per heavy atom. The molecule has 8 nitrogen and oxygen atoms in total. The molecule has 150 valence electrons. The van der Waals surface area contributed by atoms with Crippen molar-refractivity contribution in [2.45, 2.75) is 52.2 Å². The zero-order chi connectivity index (χ0) is 18.2. The fraction of sp³-hybridized carbons (Fsp3) is 0.611. The van der Waals surface area contributed by atoms with Gasteiger partial charge in [0.25, 0.3) is 0 Å². The Balaban J connectivity index is 0.00000261. The first-order chi connectivity index (χ1) is 12.8. The Labute approximate surface area is 177 Å². The SMILES string of the molecule is CCNC(=NCCCn1nc2n(c1=O)CCCC2)NCCn1cccc1.I. The van der Waals surface area contributed by atoms with Crippen molar-refractivity contribution in [1.29, 1.82) is 0 Å². The fourth-order valence-corrected chi connectivity index (χ4v) is 3.17. The van der Waals surface area contributed by atoms with E-state index in [1.165, 1.54) is 0 Å². The van der Waals surface area contributed by atoms with Gasteiger partial charge in [0.1, 0.15) is 5.82 Å². The van der Waals surface area contributed by atoms with Crippen LogP contribution in [-0.4, -0.2) is 44.5 Å². The minimum atomic E-state index is 0. The molecule has 0 atom stereocenters. The van der Waals surface area contributed by atoms with Gasteiger partial charge in [-0.1, -0.05) is 0 Å². The molecule has 0 bridgehead atoms. The lowest BCUT2D eigenvalue weighted by Crippen LogP contribution is -2.39. The maximum atomic E-state index is 12.3. The molecule has 0 fully saturated rings. The van der Waals surface area contributed by atoms with Gasteiger partial charge < -0.3 is 15.2 Å². The van der Waals surface area contributed by atoms with Crippen molar-refractivity contribution < 1.29 is 0 Å². The van der Waals surface area contributed by atoms with Crippen molar-refractivity contribution in [2.75, 3.05) is 19.6 Å². The van der Waals surface area contributed by atoms with Crippen LogP contribution in [0.1, 0.15) is 32.0 Å². The van der Waals surface area contributed by atoms with Crippen LogP contribution in [0.2, 0.25) is 0 Å². The first kappa shape index (κ1) is 21.5. The molecule has 0 saturated heterocycles. The minimum absolute atomic E-state index is 0. The van der Waals surface area contributed by atoms with Gasteiger partial charge in [-0.25, -0.2) is 9.48 Å². The van der Waals surface area contributed by atoms with Gasteiger partial charge in [-0.3, -0.25) is 9.56 Å². The molecule has 27 heavy (non-hydrogen) atoms. The first-order valence-electron chi connectivity index (χ1n) is 9.57. The van der Waals surface area contributed by atoms with E-state index in [4.69, 9.17) is 0 Å². The third-order valence-corrected chi connectivity index (χ3v) is 4.50. The number of aliphatic imine (C=N–C) groups is 1. The molecule has 0 aliphatic carbocycles. The molecule has 0 spiro atoms. The van der Waals surface area contributed by atoms with E-state index >= 15 is 0 Å². The van der Waals surface area contributed by atoms with Crippen LogP contribution in [0.4, 0.5) is 0 Å². The lowest BCUT2D eigenvalue weighted by Gasteiger charge is -2.11. The van der Waals surface area contributed by atoms with Gasteiger partial charge in [-0.15, -0.1) is 24.0 Å². The van der Waals surface area contributed by atoms with Gasteiger partial charge in [0.05, 0.1) is 0 Å². The van der Waals surface area contributed by atoms with E-state index in [0.717, 1.165) is 63.6 Å². The van der Waals surface area contributed by atoms with Crippen molar-refractivity contribution >= 4 is 29.9 Å². The summed E-state index contributed by atoms with van der Waals surface area (Å²) in [6, 6.07) is 4.05. The molecule has 0 aromatic carbocycles. The van der Waals surface area contributed by atoms with Crippen LogP contribution in [0, 0.1) is 0 Å². The average Bonchev–Trinajstić information content (AvgIpc) is 3.27. The highest BCUT2D eigenvalue weighted by atomic mass is 127. The number of hydrogen-bond donors (Lipinski definition) is 2. The van der Waals surface area contributed by atoms with Gasteiger partial charge in [0.15, 0.2) is 5.96 Å². The van der Waals surface area contributed by atoms with Crippen molar-refractivity contribution in [3.8, 4) is 0 Å². The molecule has 3 rings (SSSR count). The summed E-state index contributed by atoms with van der Waals surface area (Å²) >= 11 is 0. The topological polar surface area (TPSA) is 81.2 Å². The largest absolute Gasteiger partial charge is 0.357 e. The van der Waals surface area contributed by atoms with E-state index in [-0.39, 0.29) is 29.7 Å². The molecule has 2 aromatic heterocycles. The Hall–Kier alpha value is -1.78. The normalized spacial score (nSPS) is 13.7. The van der Waals surface area contributed by atoms with Crippen LogP contribution in [0.5, 0.6) is 0 Å². The van der Waals surface area contributed by atoms with Crippen LogP contribution in [0.25, 0.3) is 0 Å². The zero-order valence-corrected chi connectivity index (χ0v) is 18.3. The quantitative estimate of drug-likeness (QED) is 0.256. The second-order valence-electron chi connectivity index (χ2n) is 6.49. The number of aromatic nitrogens is 4. The average molecular weight is 487 g/mol. The maximum absolute atomic E-state index is 12.3. The molecule has 1 aliphatic heterocycles. The number of nitrogens with one attached hydrogen (secondary N) is 2. The van der Waals surface area contributed by atoms with Crippen molar-refractivity contribution in [2.24, 2.45) is 4.99 Å². The van der Waals surface area contributed by atoms with Gasteiger partial charge in [0, 0.05) is 58.1 Å². The smallest absolute Gasteiger partial charge is 0.345 e. The molecule has 0 amide bonds. The summed E-state index contributed by atoms with van der Waals surface area (Å²) in [5.74, 6) is 1.75. The van der Waals surface area contributed by atoms with Gasteiger partial charge in [-0.2, -0.15) is 5.10 Å². The molecule has 0 saturated carbocycles. The number of guanidine groups is 1. The number of rotatable bonds is 8. The fourth-order valence-electron chi connectivity index (χ4n) is 3.17. The predicted molar refractivity (Wildman–Crippen MR) is 118 cm³/mol. The lowest BCUT2D eigenvalue weighted by atomic mass is 10.2. The molecule has 0 radical (unpaired) electrons. The molecule has 9 heteroatoms. The Morgan fingerprint density at radius 3 is 2.78 bits per heavy atom. The molecular formula is C18H30IN7O. The predicted octanol–water partition coefficient (Wildman–Crippen LogP) is 1.45. The monoisotopic (exact) mass is 487 g/mol. The third kappa shape index (κ3) is 6.12. The second kappa shape index (κ2) is 11.2. The Bertz CT molecular complexity index is 763. The summed E-state index contributed by atoms with van der Waals surface area (Å²) in [6.07, 6.45) is 8.01. The van der Waals surface area contributed by atoms with E-state index in [1.54, 1.807) is 4.68 Å². The first-order valence-corrected chi connectivity index (χ1v) is 9.57. The zero-order valence-electron chi connectivity index (χ0n) is 15.9. The highest BCUT2D eigenvalue weighted by Crippen LogP contribution is 2.09. The van der Waals surface area contributed by atoms with Crippen LogP contribution in [-0.2, 0) is 26.1 Å². The minimum Gasteiger partial charge on any atom is -0.357 e.